The minimum atomic E-state index is -2.51. The van der Waals surface area contributed by atoms with Crippen LogP contribution in [0.2, 0.25) is 0 Å². The fraction of sp³-hybridized carbons (Fsp3) is 0.348. The zero-order valence-corrected chi connectivity index (χ0v) is 17.1. The highest BCUT2D eigenvalue weighted by atomic mass is 19.3. The largest absolute Gasteiger partial charge is 0.390 e. The molecule has 160 valence electrons. The van der Waals surface area contributed by atoms with Crippen LogP contribution >= 0.6 is 0 Å². The lowest BCUT2D eigenvalue weighted by molar-refractivity contribution is -0.109. The molecule has 3 aromatic rings. The van der Waals surface area contributed by atoms with Gasteiger partial charge in [0.15, 0.2) is 0 Å². The Balaban J connectivity index is 1.44. The first-order chi connectivity index (χ1) is 14.9. The molecule has 31 heavy (non-hydrogen) atoms. The van der Waals surface area contributed by atoms with E-state index >= 15 is 0 Å². The Morgan fingerprint density at radius 2 is 2.03 bits per heavy atom. The summed E-state index contributed by atoms with van der Waals surface area (Å²) in [5.74, 6) is -2.51. The van der Waals surface area contributed by atoms with Crippen molar-refractivity contribution >= 4 is 17.1 Å². The normalized spacial score (nSPS) is 20.7. The van der Waals surface area contributed by atoms with E-state index in [2.05, 4.69) is 10.1 Å². The van der Waals surface area contributed by atoms with Crippen LogP contribution in [0.25, 0.3) is 22.2 Å². The van der Waals surface area contributed by atoms with Gasteiger partial charge in [-0.15, -0.1) is 0 Å². The summed E-state index contributed by atoms with van der Waals surface area (Å²) in [4.78, 5) is 11.1. The maximum atomic E-state index is 13.2. The first-order valence-corrected chi connectivity index (χ1v) is 10.3. The molecule has 5 rings (SSSR count). The van der Waals surface area contributed by atoms with Crippen molar-refractivity contribution in [2.75, 3.05) is 13.7 Å². The van der Waals surface area contributed by atoms with Gasteiger partial charge in [0.1, 0.15) is 0 Å². The van der Waals surface area contributed by atoms with Crippen LogP contribution in [-0.2, 0) is 6.42 Å². The standard InChI is InChI=1S/C23H23F2N5O/c1-29-19(14-31)7-8-26-22(29)30-21-10-16(5-6-17(21)13-27-30)20-4-2-3-18(28-20)9-15-11-23(24,25)12-15/h2-8,10,13,15,22,31H,9,11-12,14H2,1H3. The fourth-order valence-corrected chi connectivity index (χ4v) is 4.32. The monoisotopic (exact) mass is 423 g/mol. The second kappa shape index (κ2) is 7.53. The van der Waals surface area contributed by atoms with Crippen LogP contribution in [0, 0.1) is 5.92 Å². The summed E-state index contributed by atoms with van der Waals surface area (Å²) in [6.07, 6.45) is 5.33. The average molecular weight is 423 g/mol. The van der Waals surface area contributed by atoms with Gasteiger partial charge in [-0.3, -0.25) is 4.98 Å². The highest BCUT2D eigenvalue weighted by Gasteiger charge is 2.45. The van der Waals surface area contributed by atoms with Crippen LogP contribution in [0.4, 0.5) is 8.78 Å². The molecule has 0 bridgehead atoms. The lowest BCUT2D eigenvalue weighted by atomic mass is 9.78. The Kier molecular flexibility index (Phi) is 4.81. The Morgan fingerprint density at radius 3 is 2.81 bits per heavy atom. The molecule has 1 unspecified atom stereocenters. The lowest BCUT2D eigenvalue weighted by Crippen LogP contribution is -2.36. The number of aliphatic hydroxyl groups excluding tert-OH is 1. The number of fused-ring (bicyclic) bond motifs is 1. The van der Waals surface area contributed by atoms with Crippen LogP contribution in [0.3, 0.4) is 0 Å². The fourth-order valence-electron chi connectivity index (χ4n) is 4.32. The van der Waals surface area contributed by atoms with Gasteiger partial charge in [-0.2, -0.15) is 5.10 Å². The molecule has 1 fully saturated rings. The van der Waals surface area contributed by atoms with Crippen molar-refractivity contribution < 1.29 is 13.9 Å². The van der Waals surface area contributed by atoms with Gasteiger partial charge in [0.2, 0.25) is 12.2 Å². The van der Waals surface area contributed by atoms with E-state index in [0.29, 0.717) is 6.42 Å². The third-order valence-electron chi connectivity index (χ3n) is 6.04. The quantitative estimate of drug-likeness (QED) is 0.673. The molecular formula is C23H23F2N5O. The summed E-state index contributed by atoms with van der Waals surface area (Å²) in [6, 6.07) is 11.8. The van der Waals surface area contributed by atoms with E-state index in [-0.39, 0.29) is 31.7 Å². The summed E-state index contributed by atoms with van der Waals surface area (Å²) in [5, 5.41) is 15.1. The number of nitrogens with zero attached hydrogens (tertiary/aromatic N) is 5. The highest BCUT2D eigenvalue weighted by Crippen LogP contribution is 2.43. The Bertz CT molecular complexity index is 1180. The van der Waals surface area contributed by atoms with E-state index < -0.39 is 5.92 Å². The van der Waals surface area contributed by atoms with Gasteiger partial charge in [-0.25, -0.2) is 18.5 Å². The summed E-state index contributed by atoms with van der Waals surface area (Å²) in [5.41, 5.74) is 4.22. The number of likely N-dealkylation sites (N-methyl/N-ethyl adjacent to an activating group) is 1. The molecule has 3 heterocycles. The minimum absolute atomic E-state index is 0.00450. The van der Waals surface area contributed by atoms with Gasteiger partial charge in [0.25, 0.3) is 0 Å². The molecule has 1 atom stereocenters. The molecular weight excluding hydrogens is 400 g/mol. The average Bonchev–Trinajstić information content (AvgIpc) is 3.16. The summed E-state index contributed by atoms with van der Waals surface area (Å²) >= 11 is 0. The van der Waals surface area contributed by atoms with E-state index in [1.807, 2.05) is 53.0 Å². The first-order valence-electron chi connectivity index (χ1n) is 10.3. The van der Waals surface area contributed by atoms with Crippen molar-refractivity contribution in [1.29, 1.82) is 0 Å². The number of aliphatic hydroxyl groups is 1. The van der Waals surface area contributed by atoms with Crippen molar-refractivity contribution in [2.45, 2.75) is 31.5 Å². The summed E-state index contributed by atoms with van der Waals surface area (Å²) < 4.78 is 28.1. The first kappa shape index (κ1) is 19.8. The molecule has 0 radical (unpaired) electrons. The van der Waals surface area contributed by atoms with E-state index in [4.69, 9.17) is 4.98 Å². The molecule has 0 amide bonds. The predicted octanol–water partition coefficient (Wildman–Crippen LogP) is 4.03. The smallest absolute Gasteiger partial charge is 0.248 e. The number of benzene rings is 1. The van der Waals surface area contributed by atoms with Crippen molar-refractivity contribution in [1.82, 2.24) is 19.7 Å². The lowest BCUT2D eigenvalue weighted by Gasteiger charge is -2.34. The number of aliphatic imine (C=N–C) groups is 1. The molecule has 1 aliphatic carbocycles. The summed E-state index contributed by atoms with van der Waals surface area (Å²) in [7, 11) is 1.87. The molecule has 2 aliphatic rings. The second-order valence-corrected chi connectivity index (χ2v) is 8.28. The molecule has 0 spiro atoms. The van der Waals surface area contributed by atoms with Crippen molar-refractivity contribution in [3.8, 4) is 11.3 Å². The van der Waals surface area contributed by atoms with Crippen molar-refractivity contribution in [2.24, 2.45) is 10.9 Å². The highest BCUT2D eigenvalue weighted by molar-refractivity contribution is 5.84. The minimum Gasteiger partial charge on any atom is -0.390 e. The third-order valence-corrected chi connectivity index (χ3v) is 6.04. The van der Waals surface area contributed by atoms with Gasteiger partial charge < -0.3 is 10.0 Å². The van der Waals surface area contributed by atoms with Crippen molar-refractivity contribution in [3.05, 3.63) is 60.1 Å². The number of allylic oxidation sites excluding steroid dienone is 1. The van der Waals surface area contributed by atoms with Crippen LogP contribution in [0.15, 0.2) is 59.4 Å². The van der Waals surface area contributed by atoms with Crippen LogP contribution in [0.1, 0.15) is 24.8 Å². The Labute approximate surface area is 178 Å². The predicted molar refractivity (Wildman–Crippen MR) is 115 cm³/mol. The molecule has 1 N–H and O–H groups in total. The van der Waals surface area contributed by atoms with E-state index in [9.17, 15) is 13.9 Å². The van der Waals surface area contributed by atoms with E-state index in [0.717, 1.165) is 33.6 Å². The molecule has 1 saturated carbocycles. The SMILES string of the molecule is CN1C(CO)=CC=NC1n1ncc2ccc(-c3cccc(CC4CC(F)(F)C4)n3)cc21. The summed E-state index contributed by atoms with van der Waals surface area (Å²) in [6.45, 7) is -0.0763. The number of hydrogen-bond acceptors (Lipinski definition) is 5. The topological polar surface area (TPSA) is 66.5 Å². The molecule has 0 saturated heterocycles. The number of hydrogen-bond donors (Lipinski definition) is 1. The molecule has 8 heteroatoms. The molecule has 2 aromatic heterocycles. The van der Waals surface area contributed by atoms with E-state index in [1.165, 1.54) is 0 Å². The number of rotatable bonds is 5. The van der Waals surface area contributed by atoms with Crippen LogP contribution < -0.4 is 0 Å². The molecule has 6 nitrogen and oxygen atoms in total. The van der Waals surface area contributed by atoms with Gasteiger partial charge in [0.05, 0.1) is 24.0 Å². The van der Waals surface area contributed by atoms with E-state index in [1.54, 1.807) is 18.5 Å². The Hall–Kier alpha value is -3.13. The molecule has 1 aliphatic heterocycles. The number of halogens is 2. The maximum absolute atomic E-state index is 13.2. The zero-order chi connectivity index (χ0) is 21.6. The van der Waals surface area contributed by atoms with Gasteiger partial charge in [-0.1, -0.05) is 18.2 Å². The maximum Gasteiger partial charge on any atom is 0.248 e. The van der Waals surface area contributed by atoms with Crippen LogP contribution in [0.5, 0.6) is 0 Å². The zero-order valence-electron chi connectivity index (χ0n) is 17.1. The Morgan fingerprint density at radius 1 is 1.19 bits per heavy atom. The van der Waals surface area contributed by atoms with Crippen molar-refractivity contribution in [3.63, 3.8) is 0 Å². The number of pyridine rings is 1. The second-order valence-electron chi connectivity index (χ2n) is 8.28. The van der Waals surface area contributed by atoms with Gasteiger partial charge in [-0.05, 0) is 36.6 Å². The van der Waals surface area contributed by atoms with Gasteiger partial charge in [0, 0.05) is 48.4 Å². The van der Waals surface area contributed by atoms with Gasteiger partial charge >= 0.3 is 0 Å². The number of alkyl halides is 2. The third kappa shape index (κ3) is 3.72. The number of aromatic nitrogens is 3. The van der Waals surface area contributed by atoms with Crippen LogP contribution in [-0.4, -0.2) is 50.6 Å². The molecule has 1 aromatic carbocycles.